The molecule has 1 nitrogen and oxygen atoms in total. The van der Waals surface area contributed by atoms with Crippen LogP contribution in [0.5, 0.6) is 0 Å². The summed E-state index contributed by atoms with van der Waals surface area (Å²) < 4.78 is 2.39. The minimum atomic E-state index is 0.521. The van der Waals surface area contributed by atoms with Crippen molar-refractivity contribution in [3.05, 3.63) is 35.5 Å². The van der Waals surface area contributed by atoms with E-state index in [9.17, 15) is 0 Å². The molecular weight excluding hydrogens is 238 g/mol. The van der Waals surface area contributed by atoms with E-state index in [0.717, 1.165) is 5.75 Å². The third-order valence-electron chi connectivity index (χ3n) is 3.20. The lowest BCUT2D eigenvalue weighted by Gasteiger charge is -2.08. The lowest BCUT2D eigenvalue weighted by Crippen LogP contribution is -1.97. The second-order valence-corrected chi connectivity index (χ2v) is 7.10. The molecule has 0 amide bonds. The molecule has 0 atom stereocenters. The van der Waals surface area contributed by atoms with Gasteiger partial charge in [-0.1, -0.05) is 25.5 Å². The van der Waals surface area contributed by atoms with E-state index >= 15 is 0 Å². The summed E-state index contributed by atoms with van der Waals surface area (Å²) in [6, 6.07) is 7.31. The first-order valence-corrected chi connectivity index (χ1v) is 7.75. The van der Waals surface area contributed by atoms with Crippen LogP contribution in [-0.2, 0) is 5.75 Å². The Bertz CT molecular complexity index is 537. The average Bonchev–Trinajstić information content (AvgIpc) is 2.64. The number of rotatable bonds is 4. The summed E-state index contributed by atoms with van der Waals surface area (Å²) in [6.07, 6.45) is 2.34. The second kappa shape index (κ2) is 5.40. The van der Waals surface area contributed by atoms with Crippen molar-refractivity contribution in [2.45, 2.75) is 51.7 Å². The van der Waals surface area contributed by atoms with Gasteiger partial charge in [0.15, 0.2) is 0 Å². The van der Waals surface area contributed by atoms with Crippen LogP contribution in [0, 0.1) is 6.92 Å². The van der Waals surface area contributed by atoms with Crippen molar-refractivity contribution in [1.82, 2.24) is 4.57 Å². The first-order valence-electron chi connectivity index (χ1n) is 6.70. The minimum absolute atomic E-state index is 0.521. The molecule has 0 N–H and O–H groups in total. The normalized spacial score (nSPS) is 11.9. The van der Waals surface area contributed by atoms with E-state index in [2.05, 4.69) is 63.6 Å². The van der Waals surface area contributed by atoms with Gasteiger partial charge in [0, 0.05) is 28.9 Å². The number of thioether (sulfide) groups is 1. The molecule has 2 rings (SSSR count). The molecule has 0 aliphatic rings. The Balaban J connectivity index is 2.48. The lowest BCUT2D eigenvalue weighted by atomic mass is 10.1. The van der Waals surface area contributed by atoms with Gasteiger partial charge in [-0.3, -0.25) is 0 Å². The molecule has 98 valence electrons. The van der Waals surface area contributed by atoms with Crippen LogP contribution in [0.25, 0.3) is 10.9 Å². The van der Waals surface area contributed by atoms with Crippen LogP contribution in [0.2, 0.25) is 0 Å². The van der Waals surface area contributed by atoms with Crippen LogP contribution in [0.15, 0.2) is 24.4 Å². The number of aryl methyl sites for hydroxylation is 1. The summed E-state index contributed by atoms with van der Waals surface area (Å²) in [4.78, 5) is 0. The number of hydrogen-bond donors (Lipinski definition) is 0. The molecule has 0 bridgehead atoms. The van der Waals surface area contributed by atoms with Gasteiger partial charge in [-0.25, -0.2) is 0 Å². The molecule has 1 aromatic heterocycles. The van der Waals surface area contributed by atoms with Crippen molar-refractivity contribution in [2.24, 2.45) is 0 Å². The topological polar surface area (TPSA) is 4.93 Å². The summed E-state index contributed by atoms with van der Waals surface area (Å²) in [6.45, 7) is 11.2. The highest BCUT2D eigenvalue weighted by Gasteiger charge is 2.11. The SMILES string of the molecule is Cc1ccc2c(c1)c(CSC(C)C)cn2C(C)C. The fraction of sp³-hybridized carbons (Fsp3) is 0.500. The highest BCUT2D eigenvalue weighted by molar-refractivity contribution is 7.99. The average molecular weight is 261 g/mol. The fourth-order valence-electron chi connectivity index (χ4n) is 2.24. The van der Waals surface area contributed by atoms with Gasteiger partial charge in [-0.15, -0.1) is 0 Å². The summed E-state index contributed by atoms with van der Waals surface area (Å²) in [5.74, 6) is 1.11. The summed E-state index contributed by atoms with van der Waals surface area (Å²) in [5, 5.41) is 2.11. The number of fused-ring (bicyclic) bond motifs is 1. The molecule has 0 radical (unpaired) electrons. The minimum Gasteiger partial charge on any atom is -0.345 e. The number of nitrogens with zero attached hydrogens (tertiary/aromatic N) is 1. The first kappa shape index (κ1) is 13.5. The molecule has 0 spiro atoms. The van der Waals surface area contributed by atoms with Gasteiger partial charge >= 0.3 is 0 Å². The van der Waals surface area contributed by atoms with E-state index in [-0.39, 0.29) is 0 Å². The lowest BCUT2D eigenvalue weighted by molar-refractivity contribution is 0.621. The van der Waals surface area contributed by atoms with Crippen molar-refractivity contribution in [3.63, 3.8) is 0 Å². The predicted molar refractivity (Wildman–Crippen MR) is 83.5 cm³/mol. The first-order chi connectivity index (χ1) is 8.49. The number of aromatic nitrogens is 1. The molecule has 0 aliphatic carbocycles. The molecule has 0 unspecified atom stereocenters. The van der Waals surface area contributed by atoms with Gasteiger partial charge < -0.3 is 4.57 Å². The van der Waals surface area contributed by atoms with Crippen molar-refractivity contribution in [1.29, 1.82) is 0 Å². The van der Waals surface area contributed by atoms with Crippen molar-refractivity contribution >= 4 is 22.7 Å². The zero-order chi connectivity index (χ0) is 13.3. The molecule has 0 aliphatic heterocycles. The second-order valence-electron chi connectivity index (χ2n) is 5.54. The zero-order valence-corrected chi connectivity index (χ0v) is 12.8. The highest BCUT2D eigenvalue weighted by Crippen LogP contribution is 2.29. The van der Waals surface area contributed by atoms with E-state index in [1.54, 1.807) is 0 Å². The van der Waals surface area contributed by atoms with E-state index in [1.807, 2.05) is 11.8 Å². The maximum Gasteiger partial charge on any atom is 0.0486 e. The molecule has 2 aromatic rings. The maximum absolute atomic E-state index is 2.39. The molecule has 18 heavy (non-hydrogen) atoms. The molecule has 0 fully saturated rings. The van der Waals surface area contributed by atoms with E-state index in [1.165, 1.54) is 22.0 Å². The predicted octanol–water partition coefficient (Wildman–Crippen LogP) is 5.17. The van der Waals surface area contributed by atoms with Crippen molar-refractivity contribution < 1.29 is 0 Å². The summed E-state index contributed by atoms with van der Waals surface area (Å²) in [5.41, 5.74) is 4.19. The Morgan fingerprint density at radius 2 is 1.89 bits per heavy atom. The van der Waals surface area contributed by atoms with Gasteiger partial charge in [0.25, 0.3) is 0 Å². The Morgan fingerprint density at radius 1 is 1.17 bits per heavy atom. The molecule has 1 heterocycles. The summed E-state index contributed by atoms with van der Waals surface area (Å²) >= 11 is 2.02. The standard InChI is InChI=1S/C16H23NS/c1-11(2)17-9-14(10-18-12(3)4)15-8-13(5)6-7-16(15)17/h6-9,11-12H,10H2,1-5H3. The highest BCUT2D eigenvalue weighted by atomic mass is 32.2. The molecule has 1 aromatic carbocycles. The molecule has 2 heteroatoms. The van der Waals surface area contributed by atoms with E-state index in [0.29, 0.717) is 11.3 Å². The quantitative estimate of drug-likeness (QED) is 0.735. The third kappa shape index (κ3) is 2.74. The van der Waals surface area contributed by atoms with Gasteiger partial charge in [-0.05, 0) is 43.7 Å². The van der Waals surface area contributed by atoms with Crippen LogP contribution < -0.4 is 0 Å². The Morgan fingerprint density at radius 3 is 2.50 bits per heavy atom. The third-order valence-corrected chi connectivity index (χ3v) is 4.34. The largest absolute Gasteiger partial charge is 0.345 e. The fourth-order valence-corrected chi connectivity index (χ4v) is 2.98. The molecule has 0 saturated heterocycles. The Kier molecular flexibility index (Phi) is 4.06. The van der Waals surface area contributed by atoms with Crippen molar-refractivity contribution in [3.8, 4) is 0 Å². The van der Waals surface area contributed by atoms with Gasteiger partial charge in [-0.2, -0.15) is 11.8 Å². The van der Waals surface area contributed by atoms with Crippen LogP contribution >= 0.6 is 11.8 Å². The Hall–Kier alpha value is -0.890. The van der Waals surface area contributed by atoms with Crippen LogP contribution in [0.3, 0.4) is 0 Å². The van der Waals surface area contributed by atoms with Crippen LogP contribution in [0.4, 0.5) is 0 Å². The number of benzene rings is 1. The van der Waals surface area contributed by atoms with Crippen LogP contribution in [0.1, 0.15) is 44.9 Å². The maximum atomic E-state index is 2.39. The van der Waals surface area contributed by atoms with Gasteiger partial charge in [0.05, 0.1) is 0 Å². The molecule has 0 saturated carbocycles. The van der Waals surface area contributed by atoms with E-state index < -0.39 is 0 Å². The summed E-state index contributed by atoms with van der Waals surface area (Å²) in [7, 11) is 0. The smallest absolute Gasteiger partial charge is 0.0486 e. The zero-order valence-electron chi connectivity index (χ0n) is 12.0. The van der Waals surface area contributed by atoms with Gasteiger partial charge in [0.1, 0.15) is 0 Å². The Labute approximate surface area is 115 Å². The molecular formula is C16H23NS. The van der Waals surface area contributed by atoms with Crippen LogP contribution in [-0.4, -0.2) is 9.82 Å². The monoisotopic (exact) mass is 261 g/mol. The van der Waals surface area contributed by atoms with E-state index in [4.69, 9.17) is 0 Å². The van der Waals surface area contributed by atoms with Crippen molar-refractivity contribution in [2.75, 3.05) is 0 Å². The van der Waals surface area contributed by atoms with Gasteiger partial charge in [0.2, 0.25) is 0 Å². The number of hydrogen-bond acceptors (Lipinski definition) is 1.